The topological polar surface area (TPSA) is 21.3 Å². The van der Waals surface area contributed by atoms with Gasteiger partial charge in [-0.25, -0.2) is 8.78 Å². The quantitative estimate of drug-likeness (QED) is 0.625. The first-order valence-electron chi connectivity index (χ1n) is 4.78. The molecule has 0 atom stereocenters. The Kier molecular flexibility index (Phi) is 2.28. The summed E-state index contributed by atoms with van der Waals surface area (Å²) in [5.74, 6) is -2.52. The maximum Gasteiger partial charge on any atom is 0.260 e. The molecule has 1 N–H and O–H groups in total. The van der Waals surface area contributed by atoms with Crippen LogP contribution in [0.3, 0.4) is 0 Å². The normalized spacial score (nSPS) is 31.8. The van der Waals surface area contributed by atoms with Crippen LogP contribution >= 0.6 is 0 Å². The summed E-state index contributed by atoms with van der Waals surface area (Å²) < 4.78 is 31.5. The molecule has 76 valence electrons. The van der Waals surface area contributed by atoms with Gasteiger partial charge in [-0.2, -0.15) is 0 Å². The largest absolute Gasteiger partial charge is 0.381 e. The van der Waals surface area contributed by atoms with Crippen LogP contribution < -0.4 is 5.32 Å². The Bertz CT molecular complexity index is 185. The summed E-state index contributed by atoms with van der Waals surface area (Å²) in [5.41, 5.74) is -0.194. The van der Waals surface area contributed by atoms with Crippen LogP contribution in [0.15, 0.2) is 0 Å². The number of alkyl halides is 2. The molecule has 2 aliphatic rings. The molecule has 0 aromatic carbocycles. The van der Waals surface area contributed by atoms with E-state index in [-0.39, 0.29) is 18.4 Å². The first-order chi connectivity index (χ1) is 6.12. The Morgan fingerprint density at radius 3 is 2.38 bits per heavy atom. The second-order valence-corrected chi connectivity index (χ2v) is 4.25. The third-order valence-electron chi connectivity index (χ3n) is 3.07. The van der Waals surface area contributed by atoms with E-state index in [9.17, 15) is 8.78 Å². The smallest absolute Gasteiger partial charge is 0.260 e. The van der Waals surface area contributed by atoms with E-state index < -0.39 is 5.92 Å². The molecular weight excluding hydrogens is 176 g/mol. The van der Waals surface area contributed by atoms with E-state index in [1.807, 2.05) is 0 Å². The van der Waals surface area contributed by atoms with Gasteiger partial charge in [0.05, 0.1) is 6.54 Å². The van der Waals surface area contributed by atoms with Gasteiger partial charge in [0.15, 0.2) is 0 Å². The van der Waals surface area contributed by atoms with Gasteiger partial charge in [0.25, 0.3) is 5.92 Å². The van der Waals surface area contributed by atoms with Crippen molar-refractivity contribution in [1.29, 1.82) is 0 Å². The van der Waals surface area contributed by atoms with Crippen LogP contribution in [0.5, 0.6) is 0 Å². The standard InChI is InChI=1S/C9H15F2NO/c10-9(11)5-8(6-12-7-9)1-3-13-4-2-8/h12H,1-7H2. The summed E-state index contributed by atoms with van der Waals surface area (Å²) in [6, 6.07) is 0. The number of hydrogen-bond donors (Lipinski definition) is 1. The molecule has 13 heavy (non-hydrogen) atoms. The minimum atomic E-state index is -2.52. The molecule has 0 saturated carbocycles. The molecule has 2 saturated heterocycles. The average Bonchev–Trinajstić information content (AvgIpc) is 2.03. The van der Waals surface area contributed by atoms with Gasteiger partial charge in [0.1, 0.15) is 0 Å². The van der Waals surface area contributed by atoms with Crippen LogP contribution in [0.2, 0.25) is 0 Å². The van der Waals surface area contributed by atoms with Crippen molar-refractivity contribution >= 4 is 0 Å². The lowest BCUT2D eigenvalue weighted by Gasteiger charge is -2.43. The molecule has 2 nitrogen and oxygen atoms in total. The Labute approximate surface area is 76.6 Å². The fraction of sp³-hybridized carbons (Fsp3) is 1.00. The molecule has 0 radical (unpaired) electrons. The van der Waals surface area contributed by atoms with Crippen LogP contribution in [-0.4, -0.2) is 32.2 Å². The molecule has 0 aromatic rings. The summed E-state index contributed by atoms with van der Waals surface area (Å²) in [7, 11) is 0. The van der Waals surface area contributed by atoms with Gasteiger partial charge in [0.2, 0.25) is 0 Å². The van der Waals surface area contributed by atoms with E-state index in [0.717, 1.165) is 19.4 Å². The second kappa shape index (κ2) is 3.17. The molecule has 0 aliphatic carbocycles. The maximum atomic E-state index is 13.1. The molecule has 2 rings (SSSR count). The van der Waals surface area contributed by atoms with Crippen LogP contribution in [0.4, 0.5) is 8.78 Å². The predicted octanol–water partition coefficient (Wildman–Crippen LogP) is 1.41. The van der Waals surface area contributed by atoms with E-state index in [1.54, 1.807) is 0 Å². The molecule has 0 bridgehead atoms. The predicted molar refractivity (Wildman–Crippen MR) is 44.9 cm³/mol. The SMILES string of the molecule is FC1(F)CNCC2(CCOCC2)C1. The highest BCUT2D eigenvalue weighted by molar-refractivity contribution is 4.93. The zero-order chi connectivity index (χ0) is 9.36. The van der Waals surface area contributed by atoms with Gasteiger partial charge in [0, 0.05) is 26.2 Å². The van der Waals surface area contributed by atoms with Gasteiger partial charge >= 0.3 is 0 Å². The molecule has 1 spiro atoms. The van der Waals surface area contributed by atoms with Crippen molar-refractivity contribution in [1.82, 2.24) is 5.32 Å². The Balaban J connectivity index is 2.04. The lowest BCUT2D eigenvalue weighted by atomic mass is 9.73. The van der Waals surface area contributed by atoms with E-state index in [0.29, 0.717) is 13.2 Å². The molecule has 2 heterocycles. The fourth-order valence-corrected chi connectivity index (χ4v) is 2.34. The lowest BCUT2D eigenvalue weighted by Crippen LogP contribution is -2.52. The van der Waals surface area contributed by atoms with E-state index in [4.69, 9.17) is 4.74 Å². The van der Waals surface area contributed by atoms with Gasteiger partial charge in [-0.3, -0.25) is 0 Å². The summed E-state index contributed by atoms with van der Waals surface area (Å²) in [6.45, 7) is 1.84. The van der Waals surface area contributed by atoms with Crippen LogP contribution in [0.1, 0.15) is 19.3 Å². The van der Waals surface area contributed by atoms with E-state index in [2.05, 4.69) is 5.32 Å². The minimum Gasteiger partial charge on any atom is -0.381 e. The van der Waals surface area contributed by atoms with Crippen molar-refractivity contribution in [2.45, 2.75) is 25.2 Å². The number of rotatable bonds is 0. The molecular formula is C9H15F2NO. The monoisotopic (exact) mass is 191 g/mol. The number of ether oxygens (including phenoxy) is 1. The lowest BCUT2D eigenvalue weighted by molar-refractivity contribution is -0.100. The first-order valence-corrected chi connectivity index (χ1v) is 4.78. The number of piperidine rings is 1. The summed E-state index contributed by atoms with van der Waals surface area (Å²) in [6.07, 6.45) is 1.58. The van der Waals surface area contributed by atoms with Gasteiger partial charge < -0.3 is 10.1 Å². The number of halogens is 2. The minimum absolute atomic E-state index is 0.0381. The van der Waals surface area contributed by atoms with Gasteiger partial charge in [-0.1, -0.05) is 0 Å². The number of hydrogen-bond acceptors (Lipinski definition) is 2. The Morgan fingerprint density at radius 1 is 1.08 bits per heavy atom. The zero-order valence-electron chi connectivity index (χ0n) is 7.61. The van der Waals surface area contributed by atoms with Crippen molar-refractivity contribution in [3.05, 3.63) is 0 Å². The summed E-state index contributed by atoms with van der Waals surface area (Å²) >= 11 is 0. The van der Waals surface area contributed by atoms with Gasteiger partial charge in [-0.15, -0.1) is 0 Å². The van der Waals surface area contributed by atoms with Crippen molar-refractivity contribution in [2.24, 2.45) is 5.41 Å². The van der Waals surface area contributed by atoms with E-state index in [1.165, 1.54) is 0 Å². The van der Waals surface area contributed by atoms with Crippen LogP contribution in [0.25, 0.3) is 0 Å². The van der Waals surface area contributed by atoms with Crippen LogP contribution in [0, 0.1) is 5.41 Å². The van der Waals surface area contributed by atoms with E-state index >= 15 is 0 Å². The highest BCUT2D eigenvalue weighted by Gasteiger charge is 2.46. The third kappa shape index (κ3) is 1.99. The van der Waals surface area contributed by atoms with Crippen LogP contribution in [-0.2, 0) is 4.74 Å². The average molecular weight is 191 g/mol. The second-order valence-electron chi connectivity index (χ2n) is 4.25. The maximum absolute atomic E-state index is 13.1. The molecule has 2 aliphatic heterocycles. The van der Waals surface area contributed by atoms with Crippen molar-refractivity contribution in [3.63, 3.8) is 0 Å². The molecule has 2 fully saturated rings. The van der Waals surface area contributed by atoms with Gasteiger partial charge in [-0.05, 0) is 18.3 Å². The molecule has 0 aromatic heterocycles. The molecule has 4 heteroatoms. The molecule has 0 unspecified atom stereocenters. The van der Waals surface area contributed by atoms with Crippen molar-refractivity contribution in [2.75, 3.05) is 26.3 Å². The van der Waals surface area contributed by atoms with Crippen molar-refractivity contribution in [3.8, 4) is 0 Å². The Hall–Kier alpha value is -0.220. The van der Waals surface area contributed by atoms with Crippen molar-refractivity contribution < 1.29 is 13.5 Å². The fourth-order valence-electron chi connectivity index (χ4n) is 2.34. The highest BCUT2D eigenvalue weighted by Crippen LogP contribution is 2.42. The Morgan fingerprint density at radius 2 is 1.77 bits per heavy atom. The number of nitrogens with one attached hydrogen (secondary N) is 1. The third-order valence-corrected chi connectivity index (χ3v) is 3.07. The molecule has 0 amide bonds. The first kappa shape index (κ1) is 9.34. The summed E-state index contributed by atoms with van der Waals surface area (Å²) in [5, 5.41) is 2.83. The zero-order valence-corrected chi connectivity index (χ0v) is 7.61. The summed E-state index contributed by atoms with van der Waals surface area (Å²) in [4.78, 5) is 0. The highest BCUT2D eigenvalue weighted by atomic mass is 19.3.